The van der Waals surface area contributed by atoms with Crippen molar-refractivity contribution in [2.24, 2.45) is 0 Å². The first-order valence-electron chi connectivity index (χ1n) is 8.67. The van der Waals surface area contributed by atoms with Crippen molar-refractivity contribution in [3.05, 3.63) is 27.8 Å². The maximum absolute atomic E-state index is 12.5. The van der Waals surface area contributed by atoms with Gasteiger partial charge in [-0.15, -0.1) is 11.3 Å². The summed E-state index contributed by atoms with van der Waals surface area (Å²) in [4.78, 5) is 23.3. The number of likely N-dealkylation sites (tertiary alicyclic amines) is 1. The molecule has 24 heavy (non-hydrogen) atoms. The van der Waals surface area contributed by atoms with Gasteiger partial charge in [0.05, 0.1) is 5.01 Å². The van der Waals surface area contributed by atoms with Crippen LogP contribution in [0, 0.1) is 6.92 Å². The maximum Gasteiger partial charge on any atom is 0.226 e. The van der Waals surface area contributed by atoms with E-state index in [1.165, 1.54) is 5.01 Å². The van der Waals surface area contributed by atoms with Gasteiger partial charge in [-0.25, -0.2) is 4.98 Å². The van der Waals surface area contributed by atoms with Crippen LogP contribution in [0.4, 0.5) is 0 Å². The van der Waals surface area contributed by atoms with Gasteiger partial charge in [-0.2, -0.15) is 4.98 Å². The van der Waals surface area contributed by atoms with Gasteiger partial charge in [-0.3, -0.25) is 4.79 Å². The molecule has 130 valence electrons. The van der Waals surface area contributed by atoms with Crippen LogP contribution in [-0.2, 0) is 17.6 Å². The number of amides is 1. The average Bonchev–Trinajstić information content (AvgIpc) is 3.24. The number of hydrogen-bond acceptors (Lipinski definition) is 6. The first kappa shape index (κ1) is 17.1. The molecule has 0 spiro atoms. The van der Waals surface area contributed by atoms with Crippen LogP contribution in [0.3, 0.4) is 0 Å². The molecule has 0 N–H and O–H groups in total. The van der Waals surface area contributed by atoms with Crippen molar-refractivity contribution in [2.75, 3.05) is 13.1 Å². The Balaban J connectivity index is 1.47. The average molecular weight is 348 g/mol. The molecule has 3 rings (SSSR count). The molecule has 0 saturated carbocycles. The molecule has 0 aliphatic carbocycles. The van der Waals surface area contributed by atoms with Crippen molar-refractivity contribution < 1.29 is 9.32 Å². The molecule has 1 amide bonds. The zero-order valence-electron chi connectivity index (χ0n) is 14.3. The minimum Gasteiger partial charge on any atom is -0.342 e. The fourth-order valence-electron chi connectivity index (χ4n) is 3.05. The van der Waals surface area contributed by atoms with Gasteiger partial charge in [-0.1, -0.05) is 12.1 Å². The Morgan fingerprint density at radius 1 is 1.46 bits per heavy atom. The van der Waals surface area contributed by atoms with Crippen molar-refractivity contribution in [1.29, 1.82) is 0 Å². The fraction of sp³-hybridized carbons (Fsp3) is 0.647. The molecule has 7 heteroatoms. The summed E-state index contributed by atoms with van der Waals surface area (Å²) >= 11 is 1.71. The second kappa shape index (κ2) is 7.88. The lowest BCUT2D eigenvalue weighted by atomic mass is 9.98. The third-order valence-electron chi connectivity index (χ3n) is 4.37. The number of hydrogen-bond donors (Lipinski definition) is 0. The lowest BCUT2D eigenvalue weighted by Gasteiger charge is -2.32. The summed E-state index contributed by atoms with van der Waals surface area (Å²) in [6.45, 7) is 5.68. The summed E-state index contributed by atoms with van der Waals surface area (Å²) < 4.78 is 5.17. The normalized spacial score (nSPS) is 18.1. The van der Waals surface area contributed by atoms with Crippen LogP contribution >= 0.6 is 11.3 Å². The highest BCUT2D eigenvalue weighted by atomic mass is 32.1. The molecule has 6 nitrogen and oxygen atoms in total. The number of rotatable bonds is 6. The minimum absolute atomic E-state index is 0.225. The number of aryl methyl sites for hydroxylation is 3. The third kappa shape index (κ3) is 4.20. The summed E-state index contributed by atoms with van der Waals surface area (Å²) in [5.74, 6) is 1.98. The smallest absolute Gasteiger partial charge is 0.226 e. The van der Waals surface area contributed by atoms with Crippen LogP contribution in [-0.4, -0.2) is 39.0 Å². The molecule has 1 aliphatic heterocycles. The summed E-state index contributed by atoms with van der Waals surface area (Å²) in [7, 11) is 0. The van der Waals surface area contributed by atoms with Crippen molar-refractivity contribution >= 4 is 17.2 Å². The van der Waals surface area contributed by atoms with Crippen LogP contribution in [0.2, 0.25) is 0 Å². The van der Waals surface area contributed by atoms with Crippen LogP contribution < -0.4 is 0 Å². The van der Waals surface area contributed by atoms with Crippen molar-refractivity contribution in [2.45, 2.75) is 58.3 Å². The lowest BCUT2D eigenvalue weighted by Crippen LogP contribution is -2.39. The molecule has 0 radical (unpaired) electrons. The summed E-state index contributed by atoms with van der Waals surface area (Å²) in [5, 5.41) is 7.14. The minimum atomic E-state index is 0.225. The highest BCUT2D eigenvalue weighted by Crippen LogP contribution is 2.29. The van der Waals surface area contributed by atoms with E-state index >= 15 is 0 Å². The van der Waals surface area contributed by atoms with E-state index in [1.54, 1.807) is 11.3 Å². The molecule has 3 heterocycles. The first-order valence-corrected chi connectivity index (χ1v) is 9.55. The highest BCUT2D eigenvalue weighted by molar-refractivity contribution is 7.09. The number of aromatic nitrogens is 3. The Hall–Kier alpha value is -1.76. The Kier molecular flexibility index (Phi) is 5.60. The summed E-state index contributed by atoms with van der Waals surface area (Å²) in [6.07, 6.45) is 4.90. The largest absolute Gasteiger partial charge is 0.342 e. The quantitative estimate of drug-likeness (QED) is 0.802. The van der Waals surface area contributed by atoms with E-state index in [-0.39, 0.29) is 5.91 Å². The van der Waals surface area contributed by atoms with E-state index in [2.05, 4.69) is 20.5 Å². The number of thiazole rings is 1. The highest BCUT2D eigenvalue weighted by Gasteiger charge is 2.26. The standard InChI is InChI=1S/C17H24N4O2S/c1-3-14-19-15(23-20-14)7-4-8-16(22)21-9-5-6-13(10-21)17-18-12(2)11-24-17/h11,13H,3-10H2,1-2H3. The Labute approximate surface area is 146 Å². The Morgan fingerprint density at radius 2 is 2.33 bits per heavy atom. The summed E-state index contributed by atoms with van der Waals surface area (Å²) in [5.41, 5.74) is 1.07. The molecule has 0 aromatic carbocycles. The molecule has 1 unspecified atom stereocenters. The van der Waals surface area contributed by atoms with Gasteiger partial charge >= 0.3 is 0 Å². The monoisotopic (exact) mass is 348 g/mol. The van der Waals surface area contributed by atoms with Crippen molar-refractivity contribution in [1.82, 2.24) is 20.0 Å². The summed E-state index contributed by atoms with van der Waals surface area (Å²) in [6, 6.07) is 0. The molecule has 2 aromatic rings. The molecular weight excluding hydrogens is 324 g/mol. The van der Waals surface area contributed by atoms with Crippen molar-refractivity contribution in [3.63, 3.8) is 0 Å². The number of nitrogens with zero attached hydrogens (tertiary/aromatic N) is 4. The molecule has 0 bridgehead atoms. The number of carbonyl (C=O) groups excluding carboxylic acids is 1. The van der Waals surface area contributed by atoms with Crippen LogP contribution in [0.1, 0.15) is 60.9 Å². The predicted octanol–water partition coefficient (Wildman–Crippen LogP) is 3.13. The molecular formula is C17H24N4O2S. The maximum atomic E-state index is 12.5. The van der Waals surface area contributed by atoms with Crippen LogP contribution in [0.25, 0.3) is 0 Å². The molecule has 2 aromatic heterocycles. The fourth-order valence-corrected chi connectivity index (χ4v) is 3.97. The number of piperidine rings is 1. The molecule has 1 aliphatic rings. The SMILES string of the molecule is CCc1noc(CCCC(=O)N2CCCC(c3nc(C)cs3)C2)n1. The number of carbonyl (C=O) groups is 1. The molecule has 1 saturated heterocycles. The topological polar surface area (TPSA) is 72.1 Å². The van der Waals surface area contributed by atoms with Crippen molar-refractivity contribution in [3.8, 4) is 0 Å². The van der Waals surface area contributed by atoms with Gasteiger partial charge in [0, 0.05) is 49.3 Å². The van der Waals surface area contributed by atoms with Gasteiger partial charge in [0.1, 0.15) is 0 Å². The van der Waals surface area contributed by atoms with Gasteiger partial charge < -0.3 is 9.42 Å². The van der Waals surface area contributed by atoms with E-state index in [4.69, 9.17) is 4.52 Å². The molecule has 1 atom stereocenters. The van der Waals surface area contributed by atoms with E-state index in [0.29, 0.717) is 24.7 Å². The van der Waals surface area contributed by atoms with E-state index < -0.39 is 0 Å². The zero-order valence-corrected chi connectivity index (χ0v) is 15.1. The first-order chi connectivity index (χ1) is 11.7. The second-order valence-corrected chi connectivity index (χ2v) is 7.21. The zero-order chi connectivity index (χ0) is 16.9. The van der Waals surface area contributed by atoms with Gasteiger partial charge in [0.2, 0.25) is 11.8 Å². The van der Waals surface area contributed by atoms with Gasteiger partial charge in [-0.05, 0) is 26.2 Å². The molecule has 1 fully saturated rings. The van der Waals surface area contributed by atoms with Crippen LogP contribution in [0.15, 0.2) is 9.90 Å². The van der Waals surface area contributed by atoms with Gasteiger partial charge in [0.15, 0.2) is 5.82 Å². The third-order valence-corrected chi connectivity index (χ3v) is 5.49. The van der Waals surface area contributed by atoms with Gasteiger partial charge in [0.25, 0.3) is 0 Å². The van der Waals surface area contributed by atoms with Crippen LogP contribution in [0.5, 0.6) is 0 Å². The predicted molar refractivity (Wildman–Crippen MR) is 92.0 cm³/mol. The Bertz CT molecular complexity index is 682. The Morgan fingerprint density at radius 3 is 3.04 bits per heavy atom. The van der Waals surface area contributed by atoms with E-state index in [9.17, 15) is 4.79 Å². The van der Waals surface area contributed by atoms with E-state index in [1.807, 2.05) is 18.7 Å². The van der Waals surface area contributed by atoms with E-state index in [0.717, 1.165) is 50.3 Å². The second-order valence-electron chi connectivity index (χ2n) is 6.32. The lowest BCUT2D eigenvalue weighted by molar-refractivity contribution is -0.132.